The van der Waals surface area contributed by atoms with Crippen LogP contribution in [0.25, 0.3) is 0 Å². The van der Waals surface area contributed by atoms with Crippen LogP contribution in [-0.2, 0) is 9.47 Å². The van der Waals surface area contributed by atoms with Gasteiger partial charge in [-0.05, 0) is 20.3 Å². The molecular formula is C8H18O3. The number of ether oxygens (including phenoxy) is 2. The van der Waals surface area contributed by atoms with E-state index >= 15 is 0 Å². The molecule has 0 aliphatic carbocycles. The maximum Gasteiger partial charge on any atom is 0.181 e. The lowest BCUT2D eigenvalue weighted by Crippen LogP contribution is -2.30. The second-order valence-electron chi connectivity index (χ2n) is 2.25. The van der Waals surface area contributed by atoms with Crippen LogP contribution in [0.4, 0.5) is 0 Å². The fraction of sp³-hybridized carbons (Fsp3) is 1.00. The number of aliphatic hydroxyl groups excluding tert-OH is 1. The van der Waals surface area contributed by atoms with Crippen LogP contribution in [0.5, 0.6) is 0 Å². The molecule has 0 amide bonds. The van der Waals surface area contributed by atoms with Crippen molar-refractivity contribution in [2.75, 3.05) is 13.2 Å². The highest BCUT2D eigenvalue weighted by Gasteiger charge is 2.16. The van der Waals surface area contributed by atoms with Gasteiger partial charge in [0.1, 0.15) is 6.10 Å². The minimum Gasteiger partial charge on any atom is -0.373 e. The molecule has 0 aromatic rings. The van der Waals surface area contributed by atoms with Crippen molar-refractivity contribution in [2.24, 2.45) is 0 Å². The molecule has 0 saturated carbocycles. The van der Waals surface area contributed by atoms with Crippen molar-refractivity contribution < 1.29 is 14.6 Å². The van der Waals surface area contributed by atoms with Crippen LogP contribution in [0.2, 0.25) is 0 Å². The third kappa shape index (κ3) is 4.35. The highest BCUT2D eigenvalue weighted by molar-refractivity contribution is 4.57. The van der Waals surface area contributed by atoms with Crippen molar-refractivity contribution in [3.05, 3.63) is 0 Å². The Hall–Kier alpha value is -0.120. The van der Waals surface area contributed by atoms with Gasteiger partial charge in [0.25, 0.3) is 0 Å². The van der Waals surface area contributed by atoms with Crippen LogP contribution < -0.4 is 0 Å². The number of hydrogen-bond acceptors (Lipinski definition) is 3. The van der Waals surface area contributed by atoms with Gasteiger partial charge in [0.15, 0.2) is 6.29 Å². The second kappa shape index (κ2) is 6.58. The SMILES string of the molecule is CCOC(O)C(CC)OCC. The number of hydrogen-bond donors (Lipinski definition) is 1. The van der Waals surface area contributed by atoms with E-state index in [9.17, 15) is 5.11 Å². The molecule has 68 valence electrons. The Kier molecular flexibility index (Phi) is 6.51. The van der Waals surface area contributed by atoms with Gasteiger partial charge in [-0.1, -0.05) is 6.92 Å². The fourth-order valence-electron chi connectivity index (χ4n) is 0.894. The summed E-state index contributed by atoms with van der Waals surface area (Å²) in [5.41, 5.74) is 0. The lowest BCUT2D eigenvalue weighted by molar-refractivity contribution is -0.175. The Balaban J connectivity index is 3.61. The first kappa shape index (κ1) is 10.9. The van der Waals surface area contributed by atoms with E-state index < -0.39 is 6.29 Å². The molecule has 0 bridgehead atoms. The molecule has 0 heterocycles. The van der Waals surface area contributed by atoms with E-state index in [1.165, 1.54) is 0 Å². The smallest absolute Gasteiger partial charge is 0.181 e. The number of rotatable bonds is 6. The molecule has 1 N–H and O–H groups in total. The molecule has 0 rings (SSSR count). The summed E-state index contributed by atoms with van der Waals surface area (Å²) < 4.78 is 10.2. The third-order valence-corrected chi connectivity index (χ3v) is 1.44. The molecule has 0 spiro atoms. The van der Waals surface area contributed by atoms with Gasteiger partial charge >= 0.3 is 0 Å². The average Bonchev–Trinajstić information content (AvgIpc) is 2.00. The Bertz CT molecular complexity index is 85.4. The molecule has 0 aromatic carbocycles. The summed E-state index contributed by atoms with van der Waals surface area (Å²) in [5, 5.41) is 9.29. The van der Waals surface area contributed by atoms with E-state index in [-0.39, 0.29) is 6.10 Å². The summed E-state index contributed by atoms with van der Waals surface area (Å²) in [4.78, 5) is 0. The number of aliphatic hydroxyl groups is 1. The van der Waals surface area contributed by atoms with E-state index in [1.54, 1.807) is 0 Å². The molecule has 0 aromatic heterocycles. The Labute approximate surface area is 68.3 Å². The minimum absolute atomic E-state index is 0.181. The predicted octanol–water partition coefficient (Wildman–Crippen LogP) is 1.16. The third-order valence-electron chi connectivity index (χ3n) is 1.44. The second-order valence-corrected chi connectivity index (χ2v) is 2.25. The van der Waals surface area contributed by atoms with Crippen LogP contribution >= 0.6 is 0 Å². The van der Waals surface area contributed by atoms with Crippen molar-refractivity contribution in [1.29, 1.82) is 0 Å². The molecule has 3 nitrogen and oxygen atoms in total. The molecule has 0 aliphatic heterocycles. The normalized spacial score (nSPS) is 16.4. The van der Waals surface area contributed by atoms with E-state index in [2.05, 4.69) is 0 Å². The van der Waals surface area contributed by atoms with Crippen molar-refractivity contribution in [2.45, 2.75) is 39.6 Å². The first-order chi connectivity index (χ1) is 5.26. The first-order valence-electron chi connectivity index (χ1n) is 4.17. The van der Waals surface area contributed by atoms with Crippen molar-refractivity contribution in [3.8, 4) is 0 Å². The molecule has 0 saturated heterocycles. The summed E-state index contributed by atoms with van der Waals surface area (Å²) in [5.74, 6) is 0. The van der Waals surface area contributed by atoms with Gasteiger partial charge in [0.05, 0.1) is 0 Å². The van der Waals surface area contributed by atoms with E-state index in [0.29, 0.717) is 13.2 Å². The average molecular weight is 162 g/mol. The maximum absolute atomic E-state index is 9.29. The Morgan fingerprint density at radius 1 is 1.09 bits per heavy atom. The molecule has 2 unspecified atom stereocenters. The van der Waals surface area contributed by atoms with E-state index in [4.69, 9.17) is 9.47 Å². The van der Waals surface area contributed by atoms with Crippen LogP contribution in [0.3, 0.4) is 0 Å². The van der Waals surface area contributed by atoms with Gasteiger partial charge in [-0.15, -0.1) is 0 Å². The molecular weight excluding hydrogens is 144 g/mol. The van der Waals surface area contributed by atoms with Crippen molar-refractivity contribution in [3.63, 3.8) is 0 Å². The van der Waals surface area contributed by atoms with Crippen molar-refractivity contribution >= 4 is 0 Å². The van der Waals surface area contributed by atoms with Gasteiger partial charge in [-0.2, -0.15) is 0 Å². The van der Waals surface area contributed by atoms with Crippen molar-refractivity contribution in [1.82, 2.24) is 0 Å². The Morgan fingerprint density at radius 3 is 2.00 bits per heavy atom. The predicted molar refractivity (Wildman–Crippen MR) is 43.3 cm³/mol. The van der Waals surface area contributed by atoms with Gasteiger partial charge < -0.3 is 14.6 Å². The zero-order valence-corrected chi connectivity index (χ0v) is 7.54. The van der Waals surface area contributed by atoms with Crippen LogP contribution in [0.1, 0.15) is 27.2 Å². The minimum atomic E-state index is -0.773. The van der Waals surface area contributed by atoms with Gasteiger partial charge in [0, 0.05) is 13.2 Å². The standard InChI is InChI=1S/C8H18O3/c1-4-7(10-5-2)8(9)11-6-3/h7-9H,4-6H2,1-3H3. The first-order valence-corrected chi connectivity index (χ1v) is 4.17. The van der Waals surface area contributed by atoms with E-state index in [0.717, 1.165) is 6.42 Å². The molecule has 11 heavy (non-hydrogen) atoms. The molecule has 0 fully saturated rings. The van der Waals surface area contributed by atoms with Gasteiger partial charge in [0.2, 0.25) is 0 Å². The van der Waals surface area contributed by atoms with Crippen LogP contribution in [-0.4, -0.2) is 30.7 Å². The maximum atomic E-state index is 9.29. The highest BCUT2D eigenvalue weighted by Crippen LogP contribution is 2.05. The molecule has 3 heteroatoms. The van der Waals surface area contributed by atoms with Gasteiger partial charge in [-0.25, -0.2) is 0 Å². The van der Waals surface area contributed by atoms with E-state index in [1.807, 2.05) is 20.8 Å². The fourth-order valence-corrected chi connectivity index (χ4v) is 0.894. The quantitative estimate of drug-likeness (QED) is 0.595. The summed E-state index contributed by atoms with van der Waals surface area (Å²) in [6.07, 6.45) is -0.181. The topological polar surface area (TPSA) is 38.7 Å². The summed E-state index contributed by atoms with van der Waals surface area (Å²) >= 11 is 0. The molecule has 0 aliphatic rings. The van der Waals surface area contributed by atoms with Crippen LogP contribution in [0, 0.1) is 0 Å². The highest BCUT2D eigenvalue weighted by atomic mass is 16.6. The summed E-state index contributed by atoms with van der Waals surface area (Å²) in [6, 6.07) is 0. The Morgan fingerprint density at radius 2 is 1.64 bits per heavy atom. The molecule has 2 atom stereocenters. The summed E-state index contributed by atoms with van der Waals surface area (Å²) in [6.45, 7) is 6.85. The zero-order valence-electron chi connectivity index (χ0n) is 7.54. The summed E-state index contributed by atoms with van der Waals surface area (Å²) in [7, 11) is 0. The largest absolute Gasteiger partial charge is 0.373 e. The lowest BCUT2D eigenvalue weighted by atomic mass is 10.2. The van der Waals surface area contributed by atoms with Gasteiger partial charge in [-0.3, -0.25) is 0 Å². The lowest BCUT2D eigenvalue weighted by Gasteiger charge is -2.20. The molecule has 0 radical (unpaired) electrons. The monoisotopic (exact) mass is 162 g/mol. The zero-order chi connectivity index (χ0) is 8.69. The van der Waals surface area contributed by atoms with Crippen LogP contribution in [0.15, 0.2) is 0 Å².